The first-order chi connectivity index (χ1) is 11.0. The van der Waals surface area contributed by atoms with Gasteiger partial charge in [-0.2, -0.15) is 4.31 Å². The monoisotopic (exact) mass is 336 g/mol. The zero-order valence-corrected chi connectivity index (χ0v) is 13.7. The predicted molar refractivity (Wildman–Crippen MR) is 84.8 cm³/mol. The second kappa shape index (κ2) is 5.29. The van der Waals surface area contributed by atoms with Crippen molar-refractivity contribution in [2.45, 2.75) is 43.1 Å². The van der Waals surface area contributed by atoms with Crippen LogP contribution in [0.25, 0.3) is 0 Å². The van der Waals surface area contributed by atoms with Crippen molar-refractivity contribution in [3.63, 3.8) is 0 Å². The van der Waals surface area contributed by atoms with Crippen LogP contribution in [0.5, 0.6) is 0 Å². The molecule has 3 aliphatic rings. The summed E-state index contributed by atoms with van der Waals surface area (Å²) in [6.07, 6.45) is 2.62. The first-order valence-electron chi connectivity index (χ1n) is 8.11. The van der Waals surface area contributed by atoms with E-state index in [9.17, 15) is 18.3 Å². The molecule has 1 aromatic carbocycles. The number of benzene rings is 1. The average molecular weight is 336 g/mol. The fourth-order valence-corrected chi connectivity index (χ4v) is 5.44. The second-order valence-corrected chi connectivity index (χ2v) is 8.48. The molecule has 1 aromatic rings. The van der Waals surface area contributed by atoms with Crippen LogP contribution in [0.1, 0.15) is 30.4 Å². The Morgan fingerprint density at radius 3 is 2.52 bits per heavy atom. The molecule has 1 fully saturated rings. The fourth-order valence-electron chi connectivity index (χ4n) is 3.85. The maximum absolute atomic E-state index is 12.8. The summed E-state index contributed by atoms with van der Waals surface area (Å²) in [5.41, 5.74) is 2.85. The van der Waals surface area contributed by atoms with Gasteiger partial charge in [0.15, 0.2) is 0 Å². The number of carbonyl (C=O) groups is 1. The quantitative estimate of drug-likeness (QED) is 0.861. The van der Waals surface area contributed by atoms with E-state index < -0.39 is 16.1 Å². The molecule has 0 spiro atoms. The van der Waals surface area contributed by atoms with E-state index in [1.54, 1.807) is 12.1 Å². The third kappa shape index (κ3) is 2.38. The van der Waals surface area contributed by atoms with Crippen molar-refractivity contribution in [3.05, 3.63) is 23.3 Å². The number of aliphatic hydroxyl groups excluding tert-OH is 1. The van der Waals surface area contributed by atoms with Gasteiger partial charge in [0.05, 0.1) is 16.7 Å². The Hall–Kier alpha value is -1.44. The average Bonchev–Trinajstić information content (AvgIpc) is 2.98. The summed E-state index contributed by atoms with van der Waals surface area (Å²) in [4.78, 5) is 14.2. The van der Waals surface area contributed by atoms with Crippen LogP contribution in [0.3, 0.4) is 0 Å². The summed E-state index contributed by atoms with van der Waals surface area (Å²) >= 11 is 0. The summed E-state index contributed by atoms with van der Waals surface area (Å²) in [6.45, 7) is 1.25. The van der Waals surface area contributed by atoms with Gasteiger partial charge in [0, 0.05) is 26.1 Å². The number of amides is 1. The van der Waals surface area contributed by atoms with Crippen molar-refractivity contribution < 1.29 is 18.3 Å². The van der Waals surface area contributed by atoms with Crippen LogP contribution in [0.2, 0.25) is 0 Å². The lowest BCUT2D eigenvalue weighted by Crippen LogP contribution is -2.39. The number of rotatable bonds is 2. The number of β-amino-alcohol motifs (C(OH)–C–C–N with tert-alkyl or cyclic N) is 1. The first-order valence-corrected chi connectivity index (χ1v) is 9.55. The molecule has 0 unspecified atom stereocenters. The van der Waals surface area contributed by atoms with E-state index in [0.29, 0.717) is 30.7 Å². The molecule has 0 bridgehead atoms. The zero-order valence-electron chi connectivity index (χ0n) is 12.9. The minimum Gasteiger partial charge on any atom is -0.392 e. The van der Waals surface area contributed by atoms with Crippen molar-refractivity contribution in [1.29, 1.82) is 0 Å². The summed E-state index contributed by atoms with van der Waals surface area (Å²) in [6, 6.07) is 3.45. The van der Waals surface area contributed by atoms with Crippen molar-refractivity contribution in [2.75, 3.05) is 24.5 Å². The molecule has 3 heterocycles. The summed E-state index contributed by atoms with van der Waals surface area (Å²) in [5, 5.41) is 9.63. The van der Waals surface area contributed by atoms with Crippen LogP contribution >= 0.6 is 0 Å². The van der Waals surface area contributed by atoms with Crippen LogP contribution in [-0.2, 0) is 27.7 Å². The standard InChI is InChI=1S/C16H20N2O4S/c19-13-5-7-17(10-13)23(21,22)14-8-11-2-1-6-18-15(20)4-3-12(9-14)16(11)18/h8-9,13,19H,1-7,10H2/t13-/m1/s1. The SMILES string of the molecule is O=C1CCc2cc(S(=O)(=O)N3CC[C@@H](O)C3)cc3c2N1CCC3. The van der Waals surface area contributed by atoms with E-state index in [0.717, 1.165) is 36.2 Å². The molecule has 1 N–H and O–H groups in total. The summed E-state index contributed by atoms with van der Waals surface area (Å²) in [5.74, 6) is 0.136. The Kier molecular flexibility index (Phi) is 3.48. The topological polar surface area (TPSA) is 77.9 Å². The van der Waals surface area contributed by atoms with Crippen LogP contribution < -0.4 is 4.90 Å². The molecule has 0 aliphatic carbocycles. The van der Waals surface area contributed by atoms with E-state index in [-0.39, 0.29) is 12.5 Å². The summed E-state index contributed by atoms with van der Waals surface area (Å²) < 4.78 is 27.0. The van der Waals surface area contributed by atoms with E-state index in [2.05, 4.69) is 0 Å². The van der Waals surface area contributed by atoms with E-state index in [1.807, 2.05) is 4.90 Å². The van der Waals surface area contributed by atoms with Gasteiger partial charge in [0.1, 0.15) is 0 Å². The minimum absolute atomic E-state index is 0.136. The molecule has 0 radical (unpaired) electrons. The van der Waals surface area contributed by atoms with Crippen LogP contribution in [-0.4, -0.2) is 49.5 Å². The normalized spacial score (nSPS) is 24.8. The number of carbonyl (C=O) groups excluding carboxylic acids is 1. The smallest absolute Gasteiger partial charge is 0.243 e. The maximum atomic E-state index is 12.8. The lowest BCUT2D eigenvalue weighted by Gasteiger charge is -2.35. The van der Waals surface area contributed by atoms with Gasteiger partial charge in [0.25, 0.3) is 0 Å². The third-order valence-electron chi connectivity index (χ3n) is 5.01. The zero-order chi connectivity index (χ0) is 16.2. The molecule has 6 nitrogen and oxygen atoms in total. The second-order valence-electron chi connectivity index (χ2n) is 6.54. The number of aryl methyl sites for hydroxylation is 2. The number of hydrogen-bond donors (Lipinski definition) is 1. The number of anilines is 1. The third-order valence-corrected chi connectivity index (χ3v) is 6.86. The number of aliphatic hydroxyl groups is 1. The van der Waals surface area contributed by atoms with Gasteiger partial charge in [-0.25, -0.2) is 8.42 Å². The Labute approximate surface area is 135 Å². The number of hydrogen-bond acceptors (Lipinski definition) is 4. The maximum Gasteiger partial charge on any atom is 0.243 e. The van der Waals surface area contributed by atoms with Crippen molar-refractivity contribution in [3.8, 4) is 0 Å². The Balaban J connectivity index is 1.79. The van der Waals surface area contributed by atoms with Crippen LogP contribution in [0.4, 0.5) is 5.69 Å². The molecule has 0 saturated carbocycles. The molecule has 0 aromatic heterocycles. The van der Waals surface area contributed by atoms with Gasteiger partial charge < -0.3 is 10.0 Å². The molecule has 7 heteroatoms. The highest BCUT2D eigenvalue weighted by Crippen LogP contribution is 2.38. The molecule has 1 amide bonds. The van der Waals surface area contributed by atoms with Crippen LogP contribution in [0.15, 0.2) is 17.0 Å². The van der Waals surface area contributed by atoms with Crippen molar-refractivity contribution in [2.24, 2.45) is 0 Å². The van der Waals surface area contributed by atoms with Gasteiger partial charge >= 0.3 is 0 Å². The fraction of sp³-hybridized carbons (Fsp3) is 0.562. The predicted octanol–water partition coefficient (Wildman–Crippen LogP) is 0.667. The molecule has 4 rings (SSSR count). The number of sulfonamides is 1. The highest BCUT2D eigenvalue weighted by Gasteiger charge is 2.35. The highest BCUT2D eigenvalue weighted by atomic mass is 32.2. The minimum atomic E-state index is -3.57. The van der Waals surface area contributed by atoms with E-state index in [1.165, 1.54) is 4.31 Å². The number of nitrogens with zero attached hydrogens (tertiary/aromatic N) is 2. The molecule has 1 saturated heterocycles. The van der Waals surface area contributed by atoms with Gasteiger partial charge in [-0.15, -0.1) is 0 Å². The lowest BCUT2D eigenvalue weighted by atomic mass is 9.92. The molecule has 1 atom stereocenters. The molecular formula is C16H20N2O4S. The molecule has 23 heavy (non-hydrogen) atoms. The van der Waals surface area contributed by atoms with E-state index in [4.69, 9.17) is 0 Å². The highest BCUT2D eigenvalue weighted by molar-refractivity contribution is 7.89. The largest absolute Gasteiger partial charge is 0.392 e. The Bertz CT molecular complexity index is 757. The summed E-state index contributed by atoms with van der Waals surface area (Å²) in [7, 11) is -3.57. The van der Waals surface area contributed by atoms with Gasteiger partial charge in [0.2, 0.25) is 15.9 Å². The Morgan fingerprint density at radius 1 is 1.09 bits per heavy atom. The molecule has 3 aliphatic heterocycles. The van der Waals surface area contributed by atoms with Crippen molar-refractivity contribution >= 4 is 21.6 Å². The van der Waals surface area contributed by atoms with E-state index >= 15 is 0 Å². The van der Waals surface area contributed by atoms with Crippen molar-refractivity contribution in [1.82, 2.24) is 4.31 Å². The van der Waals surface area contributed by atoms with Gasteiger partial charge in [-0.1, -0.05) is 0 Å². The Morgan fingerprint density at radius 2 is 1.83 bits per heavy atom. The lowest BCUT2D eigenvalue weighted by molar-refractivity contribution is -0.119. The molecule has 124 valence electrons. The first kappa shape index (κ1) is 15.1. The van der Waals surface area contributed by atoms with Gasteiger partial charge in [-0.3, -0.25) is 4.79 Å². The van der Waals surface area contributed by atoms with Gasteiger partial charge in [-0.05, 0) is 48.9 Å². The van der Waals surface area contributed by atoms with Crippen LogP contribution in [0, 0.1) is 0 Å². The molecular weight excluding hydrogens is 316 g/mol.